The van der Waals surface area contributed by atoms with Gasteiger partial charge in [-0.1, -0.05) is 42.5 Å². The van der Waals surface area contributed by atoms with E-state index >= 15 is 0 Å². The van der Waals surface area contributed by atoms with Crippen molar-refractivity contribution in [1.82, 2.24) is 0 Å². The van der Waals surface area contributed by atoms with Crippen molar-refractivity contribution in [3.63, 3.8) is 0 Å². The van der Waals surface area contributed by atoms with E-state index in [0.717, 1.165) is 6.08 Å². The van der Waals surface area contributed by atoms with Gasteiger partial charge in [-0.2, -0.15) is 0 Å². The lowest BCUT2D eigenvalue weighted by atomic mass is 9.99. The number of carboxylic acid groups (broad SMARTS) is 1. The summed E-state index contributed by atoms with van der Waals surface area (Å²) in [5.74, 6) is 0.975. The highest BCUT2D eigenvalue weighted by Crippen LogP contribution is 2.36. The van der Waals surface area contributed by atoms with Crippen LogP contribution in [-0.2, 0) is 9.53 Å². The Morgan fingerprint density at radius 3 is 2.56 bits per heavy atom. The van der Waals surface area contributed by atoms with E-state index in [2.05, 4.69) is 5.32 Å². The number of aliphatic hydroxyl groups excluding tert-OH is 1. The number of ether oxygens (including phenoxy) is 5. The Hall–Kier alpha value is -4.70. The maximum absolute atomic E-state index is 13.2. The summed E-state index contributed by atoms with van der Waals surface area (Å²) in [5, 5.41) is 21.0. The number of rotatable bonds is 13. The van der Waals surface area contributed by atoms with Crippen molar-refractivity contribution in [3.05, 3.63) is 90.5 Å². The highest BCUT2D eigenvalue weighted by atomic mass is 16.7. The molecule has 204 valence electrons. The summed E-state index contributed by atoms with van der Waals surface area (Å²) in [6.07, 6.45) is 0.780. The van der Waals surface area contributed by atoms with E-state index in [1.54, 1.807) is 54.6 Å². The van der Waals surface area contributed by atoms with E-state index in [9.17, 15) is 14.7 Å². The number of hydrogen-bond acceptors (Lipinski definition) is 8. The van der Waals surface area contributed by atoms with Crippen LogP contribution in [0.2, 0.25) is 0 Å². The van der Waals surface area contributed by atoms with Crippen molar-refractivity contribution in [1.29, 1.82) is 0 Å². The topological polar surface area (TPSA) is 133 Å². The standard InChI is InChI=1S/C29H29NO9/c31-16-17-35-23-11-5-4-10-22(23)28(39-29(34)30-20-14-15-24-26(18-20)37-19-36-24)25(12-6-7-13-27(32)33)38-21-8-2-1-3-9-21/h1-5,7-11,13-15,18,25,28,31H,6,12,16-17,19H2,(H,30,34)(H,32,33)/b13-7+/t25-,28-/m0/s1. The first-order valence-corrected chi connectivity index (χ1v) is 12.3. The molecule has 1 aliphatic heterocycles. The zero-order valence-electron chi connectivity index (χ0n) is 21.0. The first-order chi connectivity index (χ1) is 19.0. The third kappa shape index (κ3) is 7.89. The van der Waals surface area contributed by atoms with E-state index in [1.807, 2.05) is 18.2 Å². The van der Waals surface area contributed by atoms with Crippen molar-refractivity contribution in [2.45, 2.75) is 25.0 Å². The van der Waals surface area contributed by atoms with Gasteiger partial charge in [0.15, 0.2) is 17.6 Å². The molecule has 4 rings (SSSR count). The van der Waals surface area contributed by atoms with Crippen LogP contribution in [0.4, 0.5) is 10.5 Å². The van der Waals surface area contributed by atoms with Crippen LogP contribution >= 0.6 is 0 Å². The summed E-state index contributed by atoms with van der Waals surface area (Å²) >= 11 is 0. The number of fused-ring (bicyclic) bond motifs is 1. The molecule has 3 aromatic rings. The van der Waals surface area contributed by atoms with Gasteiger partial charge in [0.1, 0.15) is 24.2 Å². The molecule has 0 saturated carbocycles. The van der Waals surface area contributed by atoms with Gasteiger partial charge in [-0.05, 0) is 43.2 Å². The zero-order valence-corrected chi connectivity index (χ0v) is 21.0. The second kappa shape index (κ2) is 13.7. The Kier molecular flexibility index (Phi) is 9.63. The normalized spacial score (nSPS) is 13.5. The van der Waals surface area contributed by atoms with E-state index in [1.165, 1.54) is 6.08 Å². The molecule has 39 heavy (non-hydrogen) atoms. The molecule has 1 aliphatic rings. The van der Waals surface area contributed by atoms with Crippen LogP contribution < -0.4 is 24.3 Å². The molecule has 0 aliphatic carbocycles. The predicted octanol–water partition coefficient (Wildman–Crippen LogP) is 4.94. The van der Waals surface area contributed by atoms with Gasteiger partial charge in [-0.25, -0.2) is 9.59 Å². The number of aliphatic carboxylic acids is 1. The number of nitrogens with one attached hydrogen (secondary N) is 1. The fourth-order valence-corrected chi connectivity index (χ4v) is 3.97. The number of aliphatic hydroxyl groups is 1. The Bertz CT molecular complexity index is 1280. The largest absolute Gasteiger partial charge is 0.491 e. The molecule has 0 unspecified atom stereocenters. The summed E-state index contributed by atoms with van der Waals surface area (Å²) in [6.45, 7) is -0.0577. The molecule has 0 aromatic heterocycles. The van der Waals surface area contributed by atoms with Gasteiger partial charge in [0.05, 0.1) is 6.61 Å². The van der Waals surface area contributed by atoms with Crippen LogP contribution in [0.5, 0.6) is 23.0 Å². The summed E-state index contributed by atoms with van der Waals surface area (Å²) in [7, 11) is 0. The highest BCUT2D eigenvalue weighted by Gasteiger charge is 2.31. The molecule has 0 spiro atoms. The van der Waals surface area contributed by atoms with Gasteiger partial charge >= 0.3 is 12.1 Å². The SMILES string of the molecule is O=C(O)/C=C/CC[C@H](Oc1ccccc1)[C@@H](OC(=O)Nc1ccc2c(c1)OCO2)c1ccccc1OCCO. The lowest BCUT2D eigenvalue weighted by Gasteiger charge is -2.29. The van der Waals surface area contributed by atoms with Crippen LogP contribution in [0.25, 0.3) is 0 Å². The number of hydrogen-bond donors (Lipinski definition) is 3. The lowest BCUT2D eigenvalue weighted by molar-refractivity contribution is -0.131. The van der Waals surface area contributed by atoms with Gasteiger partial charge in [0, 0.05) is 23.4 Å². The van der Waals surface area contributed by atoms with Gasteiger partial charge < -0.3 is 33.9 Å². The fraction of sp³-hybridized carbons (Fsp3) is 0.241. The summed E-state index contributed by atoms with van der Waals surface area (Å²) in [4.78, 5) is 24.1. The quantitative estimate of drug-likeness (QED) is 0.260. The van der Waals surface area contributed by atoms with Crippen LogP contribution in [0.1, 0.15) is 24.5 Å². The second-order valence-corrected chi connectivity index (χ2v) is 8.42. The van der Waals surface area contributed by atoms with Gasteiger partial charge in [0.25, 0.3) is 0 Å². The van der Waals surface area contributed by atoms with Crippen LogP contribution in [0.15, 0.2) is 84.9 Å². The number of benzene rings is 3. The van der Waals surface area contributed by atoms with Crippen LogP contribution in [0, 0.1) is 0 Å². The van der Waals surface area contributed by atoms with Gasteiger partial charge in [-0.3, -0.25) is 5.32 Å². The van der Waals surface area contributed by atoms with E-state index in [0.29, 0.717) is 47.1 Å². The smallest absolute Gasteiger partial charge is 0.412 e. The van der Waals surface area contributed by atoms with Crippen LogP contribution in [-0.4, -0.2) is 48.4 Å². The maximum atomic E-state index is 13.2. The minimum atomic E-state index is -1.06. The monoisotopic (exact) mass is 535 g/mol. The second-order valence-electron chi connectivity index (χ2n) is 8.42. The Labute approximate surface area is 225 Å². The Morgan fingerprint density at radius 2 is 1.77 bits per heavy atom. The number of carbonyl (C=O) groups is 2. The predicted molar refractivity (Wildman–Crippen MR) is 141 cm³/mol. The Balaban J connectivity index is 1.63. The number of allylic oxidation sites excluding steroid dienone is 1. The average Bonchev–Trinajstić information content (AvgIpc) is 3.41. The van der Waals surface area contributed by atoms with E-state index < -0.39 is 24.3 Å². The van der Waals surface area contributed by atoms with E-state index in [4.69, 9.17) is 28.8 Å². The number of para-hydroxylation sites is 2. The molecular weight excluding hydrogens is 506 g/mol. The molecule has 0 radical (unpaired) electrons. The highest BCUT2D eigenvalue weighted by molar-refractivity contribution is 5.85. The van der Waals surface area contributed by atoms with Gasteiger partial charge in [-0.15, -0.1) is 0 Å². The lowest BCUT2D eigenvalue weighted by Crippen LogP contribution is -2.31. The molecular formula is C29H29NO9. The molecule has 0 saturated heterocycles. The Morgan fingerprint density at radius 1 is 1.00 bits per heavy atom. The molecule has 0 fully saturated rings. The van der Waals surface area contributed by atoms with Crippen molar-refractivity contribution < 1.29 is 43.5 Å². The summed E-state index contributed by atoms with van der Waals surface area (Å²) < 4.78 is 28.7. The van der Waals surface area contributed by atoms with Crippen molar-refractivity contribution in [2.24, 2.45) is 0 Å². The van der Waals surface area contributed by atoms with E-state index in [-0.39, 0.29) is 20.0 Å². The zero-order chi connectivity index (χ0) is 27.5. The molecule has 10 heteroatoms. The molecule has 3 aromatic carbocycles. The van der Waals surface area contributed by atoms with Crippen molar-refractivity contribution >= 4 is 17.7 Å². The number of amides is 1. The van der Waals surface area contributed by atoms with Crippen LogP contribution in [0.3, 0.4) is 0 Å². The summed E-state index contributed by atoms with van der Waals surface area (Å²) in [5.41, 5.74) is 0.965. The summed E-state index contributed by atoms with van der Waals surface area (Å²) in [6, 6.07) is 21.0. The third-order valence-electron chi connectivity index (χ3n) is 5.67. The first-order valence-electron chi connectivity index (χ1n) is 12.3. The maximum Gasteiger partial charge on any atom is 0.412 e. The van der Waals surface area contributed by atoms with Crippen molar-refractivity contribution in [2.75, 3.05) is 25.3 Å². The minimum Gasteiger partial charge on any atom is -0.491 e. The average molecular weight is 536 g/mol. The molecule has 0 bridgehead atoms. The molecule has 10 nitrogen and oxygen atoms in total. The molecule has 3 N–H and O–H groups in total. The molecule has 1 heterocycles. The number of carboxylic acids is 1. The molecule has 1 amide bonds. The number of carbonyl (C=O) groups excluding carboxylic acids is 1. The van der Waals surface area contributed by atoms with Crippen molar-refractivity contribution in [3.8, 4) is 23.0 Å². The first kappa shape index (κ1) is 27.3. The minimum absolute atomic E-state index is 0.0404. The molecule has 2 atom stereocenters. The van der Waals surface area contributed by atoms with Gasteiger partial charge in [0.2, 0.25) is 6.79 Å². The third-order valence-corrected chi connectivity index (χ3v) is 5.67. The fourth-order valence-electron chi connectivity index (χ4n) is 3.97. The number of anilines is 1.